The molecule has 3 heteroatoms. The van der Waals surface area contributed by atoms with E-state index in [0.717, 1.165) is 18.7 Å². The number of likely N-dealkylation sites (tertiary alicyclic amines) is 1. The predicted octanol–water partition coefficient (Wildman–Crippen LogP) is 2.96. The Morgan fingerprint density at radius 3 is 2.73 bits per heavy atom. The standard InChI is InChI=1S/C19H17NO2/c21-18-19-14(12-20(18)11-13-6-2-1-3-7-13)10-16(19)15-8-4-5-9-17(15)22-19/h1-9,14,16H,10-12H2/t14-,16-,19-/m0/s1. The number of nitrogens with zero attached hydrogens (tertiary/aromatic N) is 1. The fraction of sp³-hybridized carbons (Fsp3) is 0.316. The summed E-state index contributed by atoms with van der Waals surface area (Å²) in [4.78, 5) is 15.0. The first-order valence-electron chi connectivity index (χ1n) is 7.90. The molecule has 3 nitrogen and oxygen atoms in total. The predicted molar refractivity (Wildman–Crippen MR) is 82.5 cm³/mol. The van der Waals surface area contributed by atoms with Crippen molar-refractivity contribution in [2.45, 2.75) is 24.5 Å². The molecule has 0 aromatic heterocycles. The van der Waals surface area contributed by atoms with Crippen molar-refractivity contribution in [3.63, 3.8) is 0 Å². The fourth-order valence-electron chi connectivity index (χ4n) is 4.43. The average molecular weight is 291 g/mol. The molecule has 22 heavy (non-hydrogen) atoms. The summed E-state index contributed by atoms with van der Waals surface area (Å²) in [5.41, 5.74) is 1.80. The molecule has 2 aromatic rings. The van der Waals surface area contributed by atoms with E-state index in [-0.39, 0.29) is 11.8 Å². The van der Waals surface area contributed by atoms with Gasteiger partial charge in [-0.05, 0) is 18.1 Å². The Bertz CT molecular complexity index is 757. The summed E-state index contributed by atoms with van der Waals surface area (Å²) in [6.45, 7) is 1.50. The molecule has 2 fully saturated rings. The summed E-state index contributed by atoms with van der Waals surface area (Å²) in [5, 5.41) is 0. The maximum atomic E-state index is 13.0. The summed E-state index contributed by atoms with van der Waals surface area (Å²) in [5.74, 6) is 1.67. The number of carbonyl (C=O) groups excluding carboxylic acids is 1. The summed E-state index contributed by atoms with van der Waals surface area (Å²) < 4.78 is 6.21. The number of rotatable bonds is 2. The van der Waals surface area contributed by atoms with Gasteiger partial charge in [-0.15, -0.1) is 0 Å². The Morgan fingerprint density at radius 2 is 1.86 bits per heavy atom. The summed E-state index contributed by atoms with van der Waals surface area (Å²) in [6.07, 6.45) is 1.06. The van der Waals surface area contributed by atoms with Crippen LogP contribution in [0.15, 0.2) is 54.6 Å². The Morgan fingerprint density at radius 1 is 1.09 bits per heavy atom. The Kier molecular flexibility index (Phi) is 2.30. The van der Waals surface area contributed by atoms with Crippen LogP contribution in [-0.2, 0) is 11.3 Å². The molecular formula is C19H17NO2. The van der Waals surface area contributed by atoms with E-state index < -0.39 is 5.60 Å². The molecule has 0 N–H and O–H groups in total. The van der Waals surface area contributed by atoms with Crippen LogP contribution in [0.25, 0.3) is 0 Å². The summed E-state index contributed by atoms with van der Waals surface area (Å²) in [7, 11) is 0. The third-order valence-corrected chi connectivity index (χ3v) is 5.50. The SMILES string of the molecule is O=C1N(Cc2ccccc2)C[C@@H]2C[C@H]3c4ccccc4O[C@@]123. The Labute approximate surface area is 129 Å². The van der Waals surface area contributed by atoms with E-state index in [1.807, 2.05) is 41.3 Å². The lowest BCUT2D eigenvalue weighted by molar-refractivity contribution is -0.149. The largest absolute Gasteiger partial charge is 0.476 e. The number of ether oxygens (including phenoxy) is 1. The van der Waals surface area contributed by atoms with Gasteiger partial charge in [-0.3, -0.25) is 4.79 Å². The Hall–Kier alpha value is -2.29. The highest BCUT2D eigenvalue weighted by atomic mass is 16.5. The maximum Gasteiger partial charge on any atom is 0.268 e. The lowest BCUT2D eigenvalue weighted by Crippen LogP contribution is -2.57. The van der Waals surface area contributed by atoms with Gasteiger partial charge in [0.1, 0.15) is 5.75 Å². The number of hydrogen-bond donors (Lipinski definition) is 0. The van der Waals surface area contributed by atoms with Gasteiger partial charge in [-0.2, -0.15) is 0 Å². The van der Waals surface area contributed by atoms with Crippen LogP contribution in [0.4, 0.5) is 0 Å². The first kappa shape index (κ1) is 12.3. The van der Waals surface area contributed by atoms with Gasteiger partial charge in [0.05, 0.1) is 0 Å². The molecule has 0 radical (unpaired) electrons. The van der Waals surface area contributed by atoms with Crippen LogP contribution in [0.1, 0.15) is 23.5 Å². The molecule has 2 aromatic carbocycles. The number of fused-ring (bicyclic) bond motifs is 2. The molecule has 110 valence electrons. The topological polar surface area (TPSA) is 29.5 Å². The third kappa shape index (κ3) is 1.39. The van der Waals surface area contributed by atoms with Gasteiger partial charge in [0.2, 0.25) is 0 Å². The molecule has 2 aliphatic heterocycles. The molecule has 3 atom stereocenters. The summed E-state index contributed by atoms with van der Waals surface area (Å²) >= 11 is 0. The van der Waals surface area contributed by atoms with Gasteiger partial charge in [0.25, 0.3) is 5.91 Å². The first-order valence-corrected chi connectivity index (χ1v) is 7.90. The number of carbonyl (C=O) groups is 1. The molecule has 2 heterocycles. The second-order valence-electron chi connectivity index (χ2n) is 6.59. The van der Waals surface area contributed by atoms with Crippen molar-refractivity contribution in [2.24, 2.45) is 5.92 Å². The van der Waals surface area contributed by atoms with Crippen molar-refractivity contribution < 1.29 is 9.53 Å². The van der Waals surface area contributed by atoms with Gasteiger partial charge in [0, 0.05) is 30.5 Å². The minimum absolute atomic E-state index is 0.175. The van der Waals surface area contributed by atoms with Gasteiger partial charge in [-0.1, -0.05) is 48.5 Å². The lowest BCUT2D eigenvalue weighted by Gasteiger charge is -2.43. The van der Waals surface area contributed by atoms with E-state index in [1.165, 1.54) is 11.1 Å². The van der Waals surface area contributed by atoms with Crippen LogP contribution in [-0.4, -0.2) is 23.0 Å². The van der Waals surface area contributed by atoms with Crippen LogP contribution in [0, 0.1) is 5.92 Å². The van der Waals surface area contributed by atoms with E-state index >= 15 is 0 Å². The smallest absolute Gasteiger partial charge is 0.268 e. The van der Waals surface area contributed by atoms with Crippen LogP contribution < -0.4 is 4.74 Å². The molecule has 1 spiro atoms. The molecular weight excluding hydrogens is 274 g/mol. The van der Waals surface area contributed by atoms with E-state index in [9.17, 15) is 4.79 Å². The highest BCUT2D eigenvalue weighted by Gasteiger charge is 2.71. The minimum atomic E-state index is -0.599. The maximum absolute atomic E-state index is 13.0. The first-order chi connectivity index (χ1) is 10.8. The molecule has 1 aliphatic carbocycles. The zero-order chi connectivity index (χ0) is 14.7. The van der Waals surface area contributed by atoms with Gasteiger partial charge in [-0.25, -0.2) is 0 Å². The summed E-state index contributed by atoms with van der Waals surface area (Å²) in [6, 6.07) is 18.3. The van der Waals surface area contributed by atoms with Crippen LogP contribution in [0.3, 0.4) is 0 Å². The van der Waals surface area contributed by atoms with E-state index in [2.05, 4.69) is 18.2 Å². The van der Waals surface area contributed by atoms with Crippen LogP contribution in [0.2, 0.25) is 0 Å². The average Bonchev–Trinajstić information content (AvgIpc) is 2.91. The molecule has 0 unspecified atom stereocenters. The monoisotopic (exact) mass is 291 g/mol. The highest BCUT2D eigenvalue weighted by molar-refractivity contribution is 5.92. The zero-order valence-electron chi connectivity index (χ0n) is 12.2. The van der Waals surface area contributed by atoms with Gasteiger partial charge < -0.3 is 9.64 Å². The number of benzene rings is 2. The number of para-hydroxylation sites is 1. The molecule has 1 saturated carbocycles. The van der Waals surface area contributed by atoms with Crippen molar-refractivity contribution in [1.29, 1.82) is 0 Å². The number of hydrogen-bond acceptors (Lipinski definition) is 2. The third-order valence-electron chi connectivity index (χ3n) is 5.50. The minimum Gasteiger partial charge on any atom is -0.476 e. The van der Waals surface area contributed by atoms with Crippen LogP contribution >= 0.6 is 0 Å². The normalized spacial score (nSPS) is 31.1. The van der Waals surface area contributed by atoms with Gasteiger partial charge in [0.15, 0.2) is 5.60 Å². The molecule has 1 saturated heterocycles. The molecule has 3 aliphatic rings. The quantitative estimate of drug-likeness (QED) is 0.851. The Balaban J connectivity index is 1.46. The second kappa shape index (κ2) is 4.13. The highest BCUT2D eigenvalue weighted by Crippen LogP contribution is 2.63. The zero-order valence-corrected chi connectivity index (χ0v) is 12.2. The lowest BCUT2D eigenvalue weighted by atomic mass is 9.61. The second-order valence-corrected chi connectivity index (χ2v) is 6.59. The van der Waals surface area contributed by atoms with E-state index in [1.54, 1.807) is 0 Å². The van der Waals surface area contributed by atoms with Crippen molar-refractivity contribution in [3.8, 4) is 5.75 Å². The van der Waals surface area contributed by atoms with Gasteiger partial charge >= 0.3 is 0 Å². The van der Waals surface area contributed by atoms with Crippen molar-refractivity contribution in [3.05, 3.63) is 65.7 Å². The van der Waals surface area contributed by atoms with Crippen molar-refractivity contribution >= 4 is 5.91 Å². The van der Waals surface area contributed by atoms with Crippen molar-refractivity contribution in [1.82, 2.24) is 4.90 Å². The molecule has 0 bridgehead atoms. The van der Waals surface area contributed by atoms with Crippen molar-refractivity contribution in [2.75, 3.05) is 6.54 Å². The van der Waals surface area contributed by atoms with Crippen LogP contribution in [0.5, 0.6) is 5.75 Å². The number of amides is 1. The van der Waals surface area contributed by atoms with E-state index in [0.29, 0.717) is 12.5 Å². The van der Waals surface area contributed by atoms with E-state index in [4.69, 9.17) is 4.74 Å². The molecule has 1 amide bonds. The fourth-order valence-corrected chi connectivity index (χ4v) is 4.43. The molecule has 5 rings (SSSR count).